The Bertz CT molecular complexity index is 938. The van der Waals surface area contributed by atoms with E-state index in [1.807, 2.05) is 0 Å². The van der Waals surface area contributed by atoms with Crippen LogP contribution in [0.4, 0.5) is 0 Å². The maximum absolute atomic E-state index is 12.1. The Labute approximate surface area is 179 Å². The molecule has 31 heavy (non-hydrogen) atoms. The third kappa shape index (κ3) is 9.87. The summed E-state index contributed by atoms with van der Waals surface area (Å²) in [5.41, 5.74) is -0.259. The Morgan fingerprint density at radius 2 is 1.77 bits per heavy atom. The number of sulfonamides is 1. The largest absolute Gasteiger partial charge is 0.458 e. The van der Waals surface area contributed by atoms with Crippen molar-refractivity contribution >= 4 is 33.6 Å². The van der Waals surface area contributed by atoms with E-state index in [1.165, 1.54) is 0 Å². The third-order valence-electron chi connectivity index (χ3n) is 3.26. The minimum absolute atomic E-state index is 0.0798. The van der Waals surface area contributed by atoms with Gasteiger partial charge in [0.1, 0.15) is 18.1 Å². The highest BCUT2D eigenvalue weighted by molar-refractivity contribution is 7.89. The molecule has 0 bridgehead atoms. The fraction of sp³-hybridized carbons (Fsp3) is 0.429. The molecule has 0 heterocycles. The highest BCUT2D eigenvalue weighted by Gasteiger charge is 2.21. The first-order chi connectivity index (χ1) is 14.4. The summed E-state index contributed by atoms with van der Waals surface area (Å²) in [6, 6.07) is 3.10. The molecule has 0 fully saturated rings. The van der Waals surface area contributed by atoms with Crippen LogP contribution in [-0.2, 0) is 34.0 Å². The molecule has 1 unspecified atom stereocenters. The van der Waals surface area contributed by atoms with E-state index >= 15 is 0 Å². The van der Waals surface area contributed by atoms with E-state index in [4.69, 9.17) is 26.2 Å². The number of carbonyl (C=O) groups is 2. The maximum Gasteiger partial charge on any atom is 0.338 e. The van der Waals surface area contributed by atoms with Gasteiger partial charge in [0.2, 0.25) is 10.0 Å². The predicted molar refractivity (Wildman–Crippen MR) is 98.1 cm³/mol. The van der Waals surface area contributed by atoms with E-state index in [1.54, 1.807) is 0 Å². The number of rotatable bonds is 13. The average Bonchev–Trinajstić information content (AvgIpc) is 2.66. The fourth-order valence-electron chi connectivity index (χ4n) is 1.96. The molecule has 2 N–H and O–H groups in total. The van der Waals surface area contributed by atoms with E-state index in [0.717, 1.165) is 18.2 Å². The van der Waals surface area contributed by atoms with Crippen molar-refractivity contribution in [2.45, 2.75) is 23.8 Å². The van der Waals surface area contributed by atoms with Crippen molar-refractivity contribution in [1.29, 1.82) is 0 Å². The molecular formula is C14H16ClN3O12S. The monoisotopic (exact) mass is 485 g/mol. The van der Waals surface area contributed by atoms with Gasteiger partial charge in [-0.1, -0.05) is 11.6 Å². The van der Waals surface area contributed by atoms with Crippen LogP contribution in [0.15, 0.2) is 23.1 Å². The standard InChI is InChI=1S/C14H16ClN3O12S/c15-11-4-3-9(6-12(11)31(16,25)26)14(20)27-7-10(8-29-18(23)24)30-13(19)2-1-5-28-17(21)22/h3-4,6,10H,1-2,5,7-8H2,(H2,16,25,26). The normalized spacial score (nSPS) is 11.8. The smallest absolute Gasteiger partial charge is 0.338 e. The Morgan fingerprint density at radius 3 is 2.35 bits per heavy atom. The molecule has 1 rings (SSSR count). The molecule has 0 saturated heterocycles. The second kappa shape index (κ2) is 11.8. The first-order valence-electron chi connectivity index (χ1n) is 8.13. The molecule has 0 spiro atoms. The van der Waals surface area contributed by atoms with Crippen molar-refractivity contribution in [3.05, 3.63) is 49.0 Å². The molecule has 0 aliphatic heterocycles. The zero-order valence-corrected chi connectivity index (χ0v) is 17.1. The molecule has 1 atom stereocenters. The van der Waals surface area contributed by atoms with E-state index in [9.17, 15) is 38.2 Å². The molecule has 0 aromatic heterocycles. The number of nitrogens with zero attached hydrogens (tertiary/aromatic N) is 2. The zero-order valence-electron chi connectivity index (χ0n) is 15.5. The Hall–Kier alpha value is -3.24. The van der Waals surface area contributed by atoms with Gasteiger partial charge in [0.15, 0.2) is 6.10 Å². The van der Waals surface area contributed by atoms with Crippen LogP contribution in [-0.4, -0.2) is 56.5 Å². The van der Waals surface area contributed by atoms with E-state index < -0.39 is 56.3 Å². The molecule has 15 nitrogen and oxygen atoms in total. The minimum Gasteiger partial charge on any atom is -0.458 e. The summed E-state index contributed by atoms with van der Waals surface area (Å²) in [6.45, 7) is -1.84. The second-order valence-electron chi connectivity index (χ2n) is 5.58. The number of primary sulfonamides is 1. The second-order valence-corrected chi connectivity index (χ2v) is 7.52. The van der Waals surface area contributed by atoms with E-state index in [2.05, 4.69) is 9.68 Å². The number of carbonyl (C=O) groups excluding carboxylic acids is 2. The van der Waals surface area contributed by atoms with Crippen LogP contribution >= 0.6 is 11.6 Å². The van der Waals surface area contributed by atoms with Gasteiger partial charge in [-0.05, 0) is 24.6 Å². The molecule has 0 saturated carbocycles. The van der Waals surface area contributed by atoms with Crippen molar-refractivity contribution in [1.82, 2.24) is 0 Å². The van der Waals surface area contributed by atoms with E-state index in [0.29, 0.717) is 0 Å². The Kier molecular flexibility index (Phi) is 9.84. The first-order valence-corrected chi connectivity index (χ1v) is 10.1. The summed E-state index contributed by atoms with van der Waals surface area (Å²) >= 11 is 5.72. The van der Waals surface area contributed by atoms with Crippen molar-refractivity contribution in [3.8, 4) is 0 Å². The fourth-order valence-corrected chi connectivity index (χ4v) is 3.03. The van der Waals surface area contributed by atoms with Crippen LogP contribution in [0, 0.1) is 20.2 Å². The van der Waals surface area contributed by atoms with Crippen LogP contribution in [0.5, 0.6) is 0 Å². The van der Waals surface area contributed by atoms with Crippen molar-refractivity contribution in [2.75, 3.05) is 19.8 Å². The van der Waals surface area contributed by atoms with Crippen molar-refractivity contribution in [3.63, 3.8) is 0 Å². The average molecular weight is 486 g/mol. The summed E-state index contributed by atoms with van der Waals surface area (Å²) in [6.07, 6.45) is -1.81. The Balaban J connectivity index is 2.73. The zero-order chi connectivity index (χ0) is 23.6. The third-order valence-corrected chi connectivity index (χ3v) is 4.65. The van der Waals surface area contributed by atoms with Crippen LogP contribution in [0.3, 0.4) is 0 Å². The predicted octanol–water partition coefficient (Wildman–Crippen LogP) is 0.253. The SMILES string of the molecule is NS(=O)(=O)c1cc(C(=O)OCC(CO[N+](=O)[O-])OC(=O)CCCO[N+](=O)[O-])ccc1Cl. The summed E-state index contributed by atoms with van der Waals surface area (Å²) in [7, 11) is -4.23. The quantitative estimate of drug-likeness (QED) is 0.172. The van der Waals surface area contributed by atoms with Crippen molar-refractivity contribution < 1.29 is 47.3 Å². The van der Waals surface area contributed by atoms with Crippen molar-refractivity contribution in [2.24, 2.45) is 5.14 Å². The number of hydrogen-bond acceptors (Lipinski definition) is 12. The molecule has 1 aromatic carbocycles. The minimum atomic E-state index is -4.23. The van der Waals surface area contributed by atoms with Gasteiger partial charge in [-0.25, -0.2) is 18.4 Å². The highest BCUT2D eigenvalue weighted by atomic mass is 35.5. The van der Waals surface area contributed by atoms with Gasteiger partial charge >= 0.3 is 11.9 Å². The lowest BCUT2D eigenvalue weighted by molar-refractivity contribution is -0.759. The van der Waals surface area contributed by atoms with Crippen LogP contribution in [0.25, 0.3) is 0 Å². The van der Waals surface area contributed by atoms with Gasteiger partial charge in [0.05, 0.1) is 17.2 Å². The van der Waals surface area contributed by atoms with Crippen LogP contribution in [0.2, 0.25) is 5.02 Å². The first kappa shape index (κ1) is 25.8. The summed E-state index contributed by atoms with van der Waals surface area (Å²) in [5.74, 6) is -1.98. The lowest BCUT2D eigenvalue weighted by Gasteiger charge is -2.17. The molecule has 0 aliphatic carbocycles. The number of ether oxygens (including phenoxy) is 2. The number of halogens is 1. The highest BCUT2D eigenvalue weighted by Crippen LogP contribution is 2.22. The van der Waals surface area contributed by atoms with Crippen LogP contribution < -0.4 is 5.14 Å². The van der Waals surface area contributed by atoms with Gasteiger partial charge in [-0.15, -0.1) is 20.2 Å². The van der Waals surface area contributed by atoms with Gasteiger partial charge < -0.3 is 19.1 Å². The maximum atomic E-state index is 12.1. The number of nitrogens with two attached hydrogens (primary N) is 1. The van der Waals surface area contributed by atoms with Gasteiger partial charge in [-0.2, -0.15) is 0 Å². The van der Waals surface area contributed by atoms with Gasteiger partial charge in [0.25, 0.3) is 10.2 Å². The number of hydrogen-bond donors (Lipinski definition) is 1. The Morgan fingerprint density at radius 1 is 1.13 bits per heavy atom. The molecule has 0 radical (unpaired) electrons. The molecule has 0 aliphatic rings. The molecule has 17 heteroatoms. The number of esters is 2. The summed E-state index contributed by atoms with van der Waals surface area (Å²) < 4.78 is 32.7. The molecule has 1 aromatic rings. The summed E-state index contributed by atoms with van der Waals surface area (Å²) in [5, 5.41) is 22.9. The van der Waals surface area contributed by atoms with Gasteiger partial charge in [0, 0.05) is 6.42 Å². The molecular weight excluding hydrogens is 470 g/mol. The molecule has 172 valence electrons. The summed E-state index contributed by atoms with van der Waals surface area (Å²) in [4.78, 5) is 51.9. The number of benzene rings is 1. The lowest BCUT2D eigenvalue weighted by atomic mass is 10.2. The van der Waals surface area contributed by atoms with Crippen LogP contribution in [0.1, 0.15) is 23.2 Å². The van der Waals surface area contributed by atoms with E-state index in [-0.39, 0.29) is 30.0 Å². The lowest BCUT2D eigenvalue weighted by Crippen LogP contribution is -2.31. The molecule has 0 amide bonds. The topological polar surface area (TPSA) is 217 Å². The van der Waals surface area contributed by atoms with Gasteiger partial charge in [-0.3, -0.25) is 4.79 Å².